The molecule has 0 saturated carbocycles. The summed E-state index contributed by atoms with van der Waals surface area (Å²) < 4.78 is 3.19. The quantitative estimate of drug-likeness (QED) is 0.856. The molecule has 2 aromatic heterocycles. The maximum absolute atomic E-state index is 4.50. The van der Waals surface area contributed by atoms with E-state index in [9.17, 15) is 0 Å². The highest BCUT2D eigenvalue weighted by atomic mass is 127. The maximum Gasteiger partial charge on any atom is 0.123 e. The second-order valence-electron chi connectivity index (χ2n) is 4.66. The minimum absolute atomic E-state index is 0.557. The average molecular weight is 357 g/mol. The fraction of sp³-hybridized carbons (Fsp3) is 0.500. The van der Waals surface area contributed by atoms with Crippen LogP contribution in [0.15, 0.2) is 24.7 Å². The van der Waals surface area contributed by atoms with Gasteiger partial charge in [0.15, 0.2) is 0 Å². The molecule has 1 aliphatic heterocycles. The molecule has 0 spiro atoms. The first-order valence-electron chi connectivity index (χ1n) is 6.22. The van der Waals surface area contributed by atoms with E-state index >= 15 is 0 Å². The smallest absolute Gasteiger partial charge is 0.123 e. The van der Waals surface area contributed by atoms with E-state index in [0.29, 0.717) is 6.04 Å². The molecule has 1 aliphatic rings. The molecule has 3 heterocycles. The van der Waals surface area contributed by atoms with Gasteiger partial charge in [0.1, 0.15) is 9.53 Å². The van der Waals surface area contributed by atoms with Crippen molar-refractivity contribution in [2.45, 2.75) is 25.4 Å². The van der Waals surface area contributed by atoms with Crippen LogP contribution in [0.4, 0.5) is 0 Å². The highest BCUT2D eigenvalue weighted by Gasteiger charge is 2.21. The van der Waals surface area contributed by atoms with Crippen LogP contribution in [0.25, 0.3) is 0 Å². The lowest BCUT2D eigenvalue weighted by atomic mass is 10.1. The highest BCUT2D eigenvalue weighted by molar-refractivity contribution is 14.1. The maximum atomic E-state index is 4.50. The highest BCUT2D eigenvalue weighted by Crippen LogP contribution is 2.22. The van der Waals surface area contributed by atoms with Gasteiger partial charge >= 0.3 is 0 Å². The molecule has 3 rings (SSSR count). The third-order valence-electron chi connectivity index (χ3n) is 3.44. The first-order chi connectivity index (χ1) is 8.81. The Labute approximate surface area is 120 Å². The zero-order valence-electron chi connectivity index (χ0n) is 10.1. The molecule has 0 amide bonds. The molecule has 6 heteroatoms. The van der Waals surface area contributed by atoms with Crippen LogP contribution in [0, 0.1) is 3.70 Å². The number of halogens is 1. The third kappa shape index (κ3) is 2.74. The fourth-order valence-corrected chi connectivity index (χ4v) is 2.87. The Hall–Kier alpha value is -0.890. The van der Waals surface area contributed by atoms with Crippen molar-refractivity contribution in [3.05, 3.63) is 34.2 Å². The van der Waals surface area contributed by atoms with Gasteiger partial charge in [0.25, 0.3) is 0 Å². The molecule has 0 aromatic carbocycles. The van der Waals surface area contributed by atoms with Crippen molar-refractivity contribution in [2.75, 3.05) is 13.1 Å². The van der Waals surface area contributed by atoms with Gasteiger partial charge in [-0.3, -0.25) is 9.58 Å². The van der Waals surface area contributed by atoms with Crippen molar-refractivity contribution in [1.29, 1.82) is 0 Å². The van der Waals surface area contributed by atoms with Gasteiger partial charge in [-0.15, -0.1) is 0 Å². The Morgan fingerprint density at radius 1 is 1.39 bits per heavy atom. The van der Waals surface area contributed by atoms with E-state index in [1.165, 1.54) is 12.8 Å². The van der Waals surface area contributed by atoms with E-state index in [1.807, 2.05) is 12.4 Å². The molecule has 2 aromatic rings. The Morgan fingerprint density at radius 3 is 2.83 bits per heavy atom. The van der Waals surface area contributed by atoms with Crippen LogP contribution in [0.1, 0.15) is 24.7 Å². The van der Waals surface area contributed by atoms with E-state index < -0.39 is 0 Å². The molecule has 0 unspecified atom stereocenters. The van der Waals surface area contributed by atoms with Gasteiger partial charge in [-0.2, -0.15) is 5.10 Å². The van der Waals surface area contributed by atoms with Crippen molar-refractivity contribution in [2.24, 2.45) is 0 Å². The summed E-state index contributed by atoms with van der Waals surface area (Å²) in [6.45, 7) is 3.15. The van der Waals surface area contributed by atoms with Gasteiger partial charge in [0.2, 0.25) is 0 Å². The second kappa shape index (κ2) is 5.40. The molecule has 0 aliphatic carbocycles. The number of aromatic nitrogens is 4. The topological polar surface area (TPSA) is 49.7 Å². The summed E-state index contributed by atoms with van der Waals surface area (Å²) in [6, 6.07) is 2.62. The molecule has 18 heavy (non-hydrogen) atoms. The molecule has 96 valence electrons. The number of likely N-dealkylation sites (tertiary alicyclic amines) is 1. The third-order valence-corrected chi connectivity index (χ3v) is 4.01. The summed E-state index contributed by atoms with van der Waals surface area (Å²) in [5, 5.41) is 4.50. The van der Waals surface area contributed by atoms with Crippen molar-refractivity contribution >= 4 is 22.6 Å². The van der Waals surface area contributed by atoms with Crippen molar-refractivity contribution in [3.8, 4) is 0 Å². The van der Waals surface area contributed by atoms with Crippen LogP contribution in [-0.2, 0) is 6.54 Å². The van der Waals surface area contributed by atoms with Crippen molar-refractivity contribution in [1.82, 2.24) is 24.6 Å². The number of nitrogens with one attached hydrogen (secondary N) is 1. The predicted molar refractivity (Wildman–Crippen MR) is 77.1 cm³/mol. The van der Waals surface area contributed by atoms with Crippen LogP contribution in [-0.4, -0.2) is 37.7 Å². The summed E-state index contributed by atoms with van der Waals surface area (Å²) in [5.41, 5.74) is 0. The van der Waals surface area contributed by atoms with Crippen LogP contribution in [0.5, 0.6) is 0 Å². The summed E-state index contributed by atoms with van der Waals surface area (Å²) in [5.74, 6) is 1.06. The van der Waals surface area contributed by atoms with Gasteiger partial charge in [-0.25, -0.2) is 4.98 Å². The first kappa shape index (κ1) is 12.2. The Kier molecular flexibility index (Phi) is 3.64. The minimum Gasteiger partial charge on any atom is -0.348 e. The molecule has 0 radical (unpaired) electrons. The first-order valence-corrected chi connectivity index (χ1v) is 7.30. The number of imidazole rings is 1. The summed E-state index contributed by atoms with van der Waals surface area (Å²) >= 11 is 2.26. The molecule has 0 atom stereocenters. The SMILES string of the molecule is Ic1ccn(C2CCN(Cc3ncc[nH]3)CC2)n1. The summed E-state index contributed by atoms with van der Waals surface area (Å²) in [7, 11) is 0. The van der Waals surface area contributed by atoms with Crippen molar-refractivity contribution in [3.63, 3.8) is 0 Å². The Morgan fingerprint density at radius 2 is 2.22 bits per heavy atom. The minimum atomic E-state index is 0.557. The molecular weight excluding hydrogens is 341 g/mol. The van der Waals surface area contributed by atoms with Gasteiger partial charge in [0.05, 0.1) is 12.6 Å². The van der Waals surface area contributed by atoms with Gasteiger partial charge in [0, 0.05) is 31.7 Å². The van der Waals surface area contributed by atoms with Crippen LogP contribution < -0.4 is 0 Å². The van der Waals surface area contributed by atoms with E-state index in [1.54, 1.807) is 0 Å². The lowest BCUT2D eigenvalue weighted by Gasteiger charge is -2.31. The van der Waals surface area contributed by atoms with Crippen LogP contribution in [0.3, 0.4) is 0 Å². The zero-order valence-corrected chi connectivity index (χ0v) is 12.2. The number of nitrogens with zero attached hydrogens (tertiary/aromatic N) is 4. The fourth-order valence-electron chi connectivity index (χ4n) is 2.46. The second-order valence-corrected chi connectivity index (χ2v) is 5.77. The lowest BCUT2D eigenvalue weighted by molar-refractivity contribution is 0.170. The van der Waals surface area contributed by atoms with Crippen LogP contribution >= 0.6 is 22.6 Å². The molecule has 5 nitrogen and oxygen atoms in total. The average Bonchev–Trinajstić information content (AvgIpc) is 3.02. The standard InChI is InChI=1S/C12H16IN5/c13-11-3-8-18(16-11)10-1-6-17(7-2-10)9-12-14-4-5-15-12/h3-5,8,10H,1-2,6-7,9H2,(H,14,15). The number of hydrogen-bond donors (Lipinski definition) is 1. The Bertz CT molecular complexity index is 484. The van der Waals surface area contributed by atoms with E-state index in [4.69, 9.17) is 0 Å². The van der Waals surface area contributed by atoms with Gasteiger partial charge < -0.3 is 4.98 Å². The largest absolute Gasteiger partial charge is 0.348 e. The van der Waals surface area contributed by atoms with E-state index in [-0.39, 0.29) is 0 Å². The monoisotopic (exact) mass is 357 g/mol. The molecule has 0 bridgehead atoms. The summed E-state index contributed by atoms with van der Waals surface area (Å²) in [6.07, 6.45) is 8.12. The van der Waals surface area contributed by atoms with Crippen LogP contribution in [0.2, 0.25) is 0 Å². The number of rotatable bonds is 3. The van der Waals surface area contributed by atoms with E-state index in [0.717, 1.165) is 29.2 Å². The Balaban J connectivity index is 1.55. The lowest BCUT2D eigenvalue weighted by Crippen LogP contribution is -2.34. The normalized spacial score (nSPS) is 18.3. The van der Waals surface area contributed by atoms with Gasteiger partial charge in [-0.05, 0) is 41.5 Å². The molecule has 1 saturated heterocycles. The number of hydrogen-bond acceptors (Lipinski definition) is 3. The summed E-state index contributed by atoms with van der Waals surface area (Å²) in [4.78, 5) is 9.88. The molecule has 1 N–H and O–H groups in total. The molecular formula is C12H16IN5. The number of piperidine rings is 1. The van der Waals surface area contributed by atoms with E-state index in [2.05, 4.69) is 59.5 Å². The molecule has 1 fully saturated rings. The van der Waals surface area contributed by atoms with Crippen molar-refractivity contribution < 1.29 is 0 Å². The van der Waals surface area contributed by atoms with Gasteiger partial charge in [-0.1, -0.05) is 0 Å². The zero-order chi connectivity index (χ0) is 12.4. The predicted octanol–water partition coefficient (Wildman–Crippen LogP) is 2.05. The number of H-pyrrole nitrogens is 1. The number of aromatic amines is 1.